The van der Waals surface area contributed by atoms with Gasteiger partial charge in [0.05, 0.1) is 31.7 Å². The van der Waals surface area contributed by atoms with Crippen molar-refractivity contribution in [3.05, 3.63) is 95.1 Å². The zero-order chi connectivity index (χ0) is 37.3. The van der Waals surface area contributed by atoms with Gasteiger partial charge in [-0.1, -0.05) is 89.8 Å². The number of hydrogen-bond acceptors (Lipinski definition) is 8. The van der Waals surface area contributed by atoms with E-state index in [1.54, 1.807) is 0 Å². The van der Waals surface area contributed by atoms with Gasteiger partial charge < -0.3 is 18.6 Å². The first-order chi connectivity index (χ1) is 24.8. The summed E-state index contributed by atoms with van der Waals surface area (Å²) in [6.07, 6.45) is 7.71. The van der Waals surface area contributed by atoms with E-state index in [2.05, 4.69) is 76.2 Å². The summed E-state index contributed by atoms with van der Waals surface area (Å²) in [6, 6.07) is 25.6. The summed E-state index contributed by atoms with van der Waals surface area (Å²) in [5.74, 6) is -0.0122. The maximum Gasteiger partial charge on any atom is 1.00 e. The molecule has 0 N–H and O–H groups in total. The number of benzene rings is 4. The molecule has 0 amide bonds. The molecule has 0 atom stereocenters. The van der Waals surface area contributed by atoms with Crippen LogP contribution >= 0.6 is 0 Å². The van der Waals surface area contributed by atoms with Gasteiger partial charge in [0.2, 0.25) is 0 Å². The SMILES string of the molecule is CCCC1(CCC)c2cc(OCCS(=O)(=O)[O-])ccc2-c2ccc(-c3ccc4c(c3)C(CCC)(CCC)c3cc(OCCS(=O)(=O)[O-])ccc3-4)cc21.[Na+].[Na+]. The van der Waals surface area contributed by atoms with Crippen LogP contribution < -0.4 is 68.6 Å². The second-order valence-electron chi connectivity index (χ2n) is 14.3. The fraction of sp³-hybridized carbons (Fsp3) is 0.429. The summed E-state index contributed by atoms with van der Waals surface area (Å²) in [5.41, 5.74) is 11.5. The van der Waals surface area contributed by atoms with Crippen LogP contribution in [-0.2, 0) is 31.1 Å². The van der Waals surface area contributed by atoms with Crippen molar-refractivity contribution in [1.82, 2.24) is 0 Å². The molecule has 0 aliphatic heterocycles. The number of rotatable bonds is 17. The van der Waals surface area contributed by atoms with Crippen LogP contribution in [-0.4, -0.2) is 50.7 Å². The average Bonchev–Trinajstić information content (AvgIpc) is 3.50. The van der Waals surface area contributed by atoms with E-state index < -0.39 is 31.7 Å². The Balaban J connectivity index is 0.00000325. The van der Waals surface area contributed by atoms with Gasteiger partial charge in [-0.05, 0) is 118 Å². The molecule has 2 aliphatic carbocycles. The van der Waals surface area contributed by atoms with Crippen LogP contribution in [0, 0.1) is 0 Å². The smallest absolute Gasteiger partial charge is 0.748 e. The quantitative estimate of drug-likeness (QED) is 0.118. The predicted molar refractivity (Wildman–Crippen MR) is 204 cm³/mol. The van der Waals surface area contributed by atoms with Gasteiger partial charge in [0.25, 0.3) is 0 Å². The summed E-state index contributed by atoms with van der Waals surface area (Å²) in [7, 11) is -8.75. The maximum absolute atomic E-state index is 11.2. The molecule has 0 spiro atoms. The molecule has 0 unspecified atom stereocenters. The Morgan fingerprint density at radius 2 is 0.778 bits per heavy atom. The van der Waals surface area contributed by atoms with Gasteiger partial charge >= 0.3 is 59.1 Å². The molecule has 0 aromatic heterocycles. The molecule has 12 heteroatoms. The van der Waals surface area contributed by atoms with E-state index in [0.717, 1.165) is 73.6 Å². The topological polar surface area (TPSA) is 133 Å². The fourth-order valence-electron chi connectivity index (χ4n) is 9.04. The van der Waals surface area contributed by atoms with Crippen LogP contribution in [0.15, 0.2) is 72.8 Å². The van der Waals surface area contributed by atoms with Crippen molar-refractivity contribution in [2.24, 2.45) is 0 Å². The van der Waals surface area contributed by atoms with Gasteiger partial charge in [-0.15, -0.1) is 0 Å². The minimum absolute atomic E-state index is 0. The van der Waals surface area contributed by atoms with E-state index >= 15 is 0 Å². The monoisotopic (exact) mass is 790 g/mol. The largest absolute Gasteiger partial charge is 1.00 e. The third kappa shape index (κ3) is 9.04. The third-order valence-electron chi connectivity index (χ3n) is 10.9. The van der Waals surface area contributed by atoms with E-state index in [0.29, 0.717) is 11.5 Å². The first-order valence-electron chi connectivity index (χ1n) is 18.5. The molecule has 4 aromatic carbocycles. The summed E-state index contributed by atoms with van der Waals surface area (Å²) in [4.78, 5) is 0. The van der Waals surface area contributed by atoms with Gasteiger partial charge in [0.1, 0.15) is 24.7 Å². The normalized spacial score (nSPS) is 14.6. The van der Waals surface area contributed by atoms with E-state index in [1.165, 1.54) is 33.4 Å². The van der Waals surface area contributed by atoms with Crippen molar-refractivity contribution in [3.63, 3.8) is 0 Å². The molecule has 278 valence electrons. The second kappa shape index (κ2) is 18.3. The van der Waals surface area contributed by atoms with Crippen LogP contribution in [0.25, 0.3) is 33.4 Å². The van der Waals surface area contributed by atoms with Crippen LogP contribution in [0.3, 0.4) is 0 Å². The van der Waals surface area contributed by atoms with Gasteiger partial charge in [-0.2, -0.15) is 0 Å². The molecule has 6 rings (SSSR count). The molecule has 0 fully saturated rings. The minimum Gasteiger partial charge on any atom is -0.748 e. The van der Waals surface area contributed by atoms with Crippen LogP contribution in [0.2, 0.25) is 0 Å². The first-order valence-corrected chi connectivity index (χ1v) is 21.7. The number of hydrogen-bond donors (Lipinski definition) is 0. The summed E-state index contributed by atoms with van der Waals surface area (Å²) in [6.45, 7) is 8.46. The van der Waals surface area contributed by atoms with Crippen LogP contribution in [0.5, 0.6) is 11.5 Å². The average molecular weight is 791 g/mol. The number of ether oxygens (including phenoxy) is 2. The Hall–Kier alpha value is -1.70. The van der Waals surface area contributed by atoms with Crippen molar-refractivity contribution in [3.8, 4) is 44.9 Å². The fourth-order valence-corrected chi connectivity index (χ4v) is 9.62. The molecular weight excluding hydrogens is 743 g/mol. The van der Waals surface area contributed by atoms with Crippen molar-refractivity contribution < 1.29 is 94.5 Å². The predicted octanol–water partition coefficient (Wildman–Crippen LogP) is 2.94. The van der Waals surface area contributed by atoms with E-state index in [1.807, 2.05) is 24.3 Å². The summed E-state index contributed by atoms with van der Waals surface area (Å²) >= 11 is 0. The van der Waals surface area contributed by atoms with E-state index in [4.69, 9.17) is 9.47 Å². The maximum atomic E-state index is 11.2. The van der Waals surface area contributed by atoms with Gasteiger partial charge in [0, 0.05) is 10.8 Å². The molecule has 0 saturated carbocycles. The standard InChI is InChI=1S/C42H50O8S2.2Na/c1-5-17-41(18-6-2)37-25-29(9-13-33(37)35-15-11-31(27-39(35)41)49-21-23-51(43,44)45)30-10-14-34-36-16-12-32(50-22-24-52(46,47)48)28-40(36)42(19-7-3,20-8-4)38(34)26-30;;/h9-16,25-28H,5-8,17-24H2,1-4H3,(H,43,44,45)(H,46,47,48);;/q;2*+1/p-2. The van der Waals surface area contributed by atoms with Crippen LogP contribution in [0.4, 0.5) is 0 Å². The Kier molecular flexibility index (Phi) is 15.2. The van der Waals surface area contributed by atoms with Gasteiger partial charge in [0.15, 0.2) is 0 Å². The molecule has 0 saturated heterocycles. The molecule has 2 aliphatic rings. The van der Waals surface area contributed by atoms with Crippen molar-refractivity contribution >= 4 is 20.2 Å². The third-order valence-corrected chi connectivity index (χ3v) is 12.2. The van der Waals surface area contributed by atoms with Crippen molar-refractivity contribution in [2.75, 3.05) is 24.7 Å². The Bertz CT molecular complexity index is 2020. The summed E-state index contributed by atoms with van der Waals surface area (Å²) < 4.78 is 78.8. The molecule has 4 aromatic rings. The second-order valence-corrected chi connectivity index (χ2v) is 17.4. The molecular formula is C42H48Na2O8S2. The Labute approximate surface area is 365 Å². The molecule has 0 radical (unpaired) electrons. The molecule has 0 heterocycles. The van der Waals surface area contributed by atoms with Gasteiger partial charge in [-0.3, -0.25) is 0 Å². The Morgan fingerprint density at radius 3 is 1.07 bits per heavy atom. The zero-order valence-electron chi connectivity index (χ0n) is 32.5. The minimum atomic E-state index is -4.37. The van der Waals surface area contributed by atoms with Crippen molar-refractivity contribution in [1.29, 1.82) is 0 Å². The zero-order valence-corrected chi connectivity index (χ0v) is 38.1. The van der Waals surface area contributed by atoms with E-state index in [-0.39, 0.29) is 83.2 Å². The first kappa shape index (κ1) is 45.0. The molecule has 0 bridgehead atoms. The summed E-state index contributed by atoms with van der Waals surface area (Å²) in [5, 5.41) is 0. The van der Waals surface area contributed by atoms with Gasteiger partial charge in [-0.25, -0.2) is 16.8 Å². The Morgan fingerprint density at radius 1 is 0.481 bits per heavy atom. The van der Waals surface area contributed by atoms with E-state index in [9.17, 15) is 25.9 Å². The van der Waals surface area contributed by atoms with Crippen molar-refractivity contribution in [2.45, 2.75) is 89.9 Å². The molecule has 8 nitrogen and oxygen atoms in total. The van der Waals surface area contributed by atoms with Crippen LogP contribution in [0.1, 0.15) is 101 Å². The number of fused-ring (bicyclic) bond motifs is 6. The molecule has 54 heavy (non-hydrogen) atoms.